The smallest absolute Gasteiger partial charge is 0.325 e. The standard InChI is InChI=1S/C19H18Cl2N2O4/c1-19-9-14(12-6-10(20)7-13(21)17(12)27-19)22-18(24)23(19)15-5-4-11(25-2)8-16(15)26-3/h4-8,14H,9H2,1-3H3,(H,22,24)/t14-,19+/m0/s1. The number of hydrogen-bond donors (Lipinski definition) is 1. The molecule has 0 saturated carbocycles. The molecule has 2 aromatic rings. The average molecular weight is 409 g/mol. The van der Waals surface area contributed by atoms with Crippen LogP contribution in [0.1, 0.15) is 24.9 Å². The number of benzene rings is 2. The van der Waals surface area contributed by atoms with Gasteiger partial charge in [-0.05, 0) is 31.2 Å². The highest BCUT2D eigenvalue weighted by Crippen LogP contribution is 2.50. The summed E-state index contributed by atoms with van der Waals surface area (Å²) in [4.78, 5) is 14.5. The molecule has 2 aromatic carbocycles. The fraction of sp³-hybridized carbons (Fsp3) is 0.316. The number of hydrogen-bond acceptors (Lipinski definition) is 4. The molecule has 2 atom stereocenters. The molecule has 4 rings (SSSR count). The first-order valence-corrected chi connectivity index (χ1v) is 9.12. The van der Waals surface area contributed by atoms with E-state index >= 15 is 0 Å². The first kappa shape index (κ1) is 18.1. The Labute approximate surface area is 166 Å². The molecule has 6 nitrogen and oxygen atoms in total. The molecule has 0 unspecified atom stereocenters. The Bertz CT molecular complexity index is 936. The molecule has 2 aliphatic rings. The van der Waals surface area contributed by atoms with Crippen LogP contribution in [0.4, 0.5) is 10.5 Å². The summed E-state index contributed by atoms with van der Waals surface area (Å²) in [7, 11) is 3.11. The molecular formula is C19H18Cl2N2O4. The second-order valence-corrected chi connectivity index (χ2v) is 7.51. The third kappa shape index (κ3) is 2.84. The molecule has 2 aliphatic heterocycles. The summed E-state index contributed by atoms with van der Waals surface area (Å²) in [6, 6.07) is 8.13. The Hall–Kier alpha value is -2.31. The van der Waals surface area contributed by atoms with E-state index in [1.807, 2.05) is 6.92 Å². The maximum absolute atomic E-state index is 13.0. The molecule has 0 aromatic heterocycles. The van der Waals surface area contributed by atoms with Crippen LogP contribution in [0.25, 0.3) is 0 Å². The van der Waals surface area contributed by atoms with Gasteiger partial charge in [0.25, 0.3) is 0 Å². The highest BCUT2D eigenvalue weighted by Gasteiger charge is 2.51. The Morgan fingerprint density at radius 3 is 2.70 bits per heavy atom. The van der Waals surface area contributed by atoms with Crippen molar-refractivity contribution in [1.82, 2.24) is 5.32 Å². The van der Waals surface area contributed by atoms with Gasteiger partial charge in [0.15, 0.2) is 5.72 Å². The van der Waals surface area contributed by atoms with Crippen LogP contribution in [-0.2, 0) is 0 Å². The van der Waals surface area contributed by atoms with Crippen LogP contribution >= 0.6 is 23.2 Å². The monoisotopic (exact) mass is 408 g/mol. The number of methoxy groups -OCH3 is 2. The zero-order valence-corrected chi connectivity index (χ0v) is 16.5. The fourth-order valence-electron chi connectivity index (χ4n) is 3.72. The Kier molecular flexibility index (Phi) is 4.28. The Morgan fingerprint density at radius 2 is 2.00 bits per heavy atom. The second kappa shape index (κ2) is 6.39. The quantitative estimate of drug-likeness (QED) is 0.793. The number of nitrogens with zero attached hydrogens (tertiary/aromatic N) is 1. The van der Waals surface area contributed by atoms with Crippen molar-refractivity contribution in [1.29, 1.82) is 0 Å². The first-order chi connectivity index (χ1) is 12.9. The lowest BCUT2D eigenvalue weighted by Gasteiger charge is -2.50. The number of urea groups is 1. The molecule has 0 radical (unpaired) electrons. The number of anilines is 1. The molecule has 2 amide bonds. The summed E-state index contributed by atoms with van der Waals surface area (Å²) in [5, 5.41) is 3.92. The summed E-state index contributed by atoms with van der Waals surface area (Å²) in [5.41, 5.74) is 0.407. The van der Waals surface area contributed by atoms with Crippen molar-refractivity contribution in [3.8, 4) is 17.2 Å². The van der Waals surface area contributed by atoms with Gasteiger partial charge < -0.3 is 19.5 Å². The van der Waals surface area contributed by atoms with Crippen LogP contribution in [0, 0.1) is 0 Å². The number of amides is 2. The minimum absolute atomic E-state index is 0.247. The van der Waals surface area contributed by atoms with Crippen LogP contribution in [0.3, 0.4) is 0 Å². The Balaban J connectivity index is 1.83. The van der Waals surface area contributed by atoms with Crippen molar-refractivity contribution < 1.29 is 19.0 Å². The third-order valence-electron chi connectivity index (χ3n) is 4.92. The molecule has 2 bridgehead atoms. The largest absolute Gasteiger partial charge is 0.497 e. The van der Waals surface area contributed by atoms with Crippen molar-refractivity contribution in [3.63, 3.8) is 0 Å². The minimum atomic E-state index is -0.945. The highest BCUT2D eigenvalue weighted by molar-refractivity contribution is 6.35. The van der Waals surface area contributed by atoms with E-state index in [4.69, 9.17) is 37.4 Å². The van der Waals surface area contributed by atoms with Gasteiger partial charge in [-0.2, -0.15) is 0 Å². The average Bonchev–Trinajstić information content (AvgIpc) is 2.62. The summed E-state index contributed by atoms with van der Waals surface area (Å²) in [6.07, 6.45) is 0.525. The summed E-state index contributed by atoms with van der Waals surface area (Å²) >= 11 is 12.5. The van der Waals surface area contributed by atoms with E-state index in [2.05, 4.69) is 5.32 Å². The van der Waals surface area contributed by atoms with Gasteiger partial charge in [-0.15, -0.1) is 0 Å². The third-order valence-corrected chi connectivity index (χ3v) is 5.42. The predicted molar refractivity (Wildman–Crippen MR) is 103 cm³/mol. The van der Waals surface area contributed by atoms with Gasteiger partial charge in [0.1, 0.15) is 17.2 Å². The van der Waals surface area contributed by atoms with Gasteiger partial charge in [0, 0.05) is 23.1 Å². The molecule has 8 heteroatoms. The predicted octanol–water partition coefficient (Wildman–Crippen LogP) is 4.78. The van der Waals surface area contributed by atoms with Crippen LogP contribution in [0.5, 0.6) is 17.2 Å². The maximum atomic E-state index is 13.0. The lowest BCUT2D eigenvalue weighted by atomic mass is 9.90. The topological polar surface area (TPSA) is 60.0 Å². The van der Waals surface area contributed by atoms with Crippen molar-refractivity contribution >= 4 is 34.9 Å². The lowest BCUT2D eigenvalue weighted by molar-refractivity contribution is 0.0376. The zero-order chi connectivity index (χ0) is 19.3. The molecule has 27 heavy (non-hydrogen) atoms. The normalized spacial score (nSPS) is 23.2. The van der Waals surface area contributed by atoms with Gasteiger partial charge >= 0.3 is 6.03 Å². The van der Waals surface area contributed by atoms with Crippen LogP contribution in [0.15, 0.2) is 30.3 Å². The number of rotatable bonds is 3. The lowest BCUT2D eigenvalue weighted by Crippen LogP contribution is -2.65. The molecule has 0 aliphatic carbocycles. The van der Waals surface area contributed by atoms with E-state index in [1.165, 1.54) is 0 Å². The number of nitrogens with one attached hydrogen (secondary N) is 1. The van der Waals surface area contributed by atoms with E-state index in [-0.39, 0.29) is 12.1 Å². The van der Waals surface area contributed by atoms with Gasteiger partial charge in [-0.25, -0.2) is 4.79 Å². The van der Waals surface area contributed by atoms with E-state index < -0.39 is 5.72 Å². The molecule has 2 heterocycles. The summed E-state index contributed by atoms with van der Waals surface area (Å²) < 4.78 is 17.0. The fourth-order valence-corrected chi connectivity index (χ4v) is 4.27. The molecule has 142 valence electrons. The highest BCUT2D eigenvalue weighted by atomic mass is 35.5. The van der Waals surface area contributed by atoms with Gasteiger partial charge in [0.05, 0.1) is 31.0 Å². The summed E-state index contributed by atoms with van der Waals surface area (Å²) in [6.45, 7) is 1.86. The van der Waals surface area contributed by atoms with Gasteiger partial charge in [-0.3, -0.25) is 4.90 Å². The molecule has 0 spiro atoms. The maximum Gasteiger partial charge on any atom is 0.325 e. The van der Waals surface area contributed by atoms with Crippen LogP contribution < -0.4 is 24.4 Å². The van der Waals surface area contributed by atoms with Crippen molar-refractivity contribution in [2.24, 2.45) is 0 Å². The zero-order valence-electron chi connectivity index (χ0n) is 15.0. The van der Waals surface area contributed by atoms with Gasteiger partial charge in [-0.1, -0.05) is 23.2 Å². The summed E-state index contributed by atoms with van der Waals surface area (Å²) in [5.74, 6) is 1.65. The number of fused-ring (bicyclic) bond motifs is 4. The van der Waals surface area contributed by atoms with E-state index in [1.54, 1.807) is 49.5 Å². The molecule has 1 saturated heterocycles. The SMILES string of the molecule is COc1ccc(N2C(=O)N[C@H]3C[C@@]2(C)Oc2c(Cl)cc(Cl)cc23)c(OC)c1. The number of halogens is 2. The van der Waals surface area contributed by atoms with Crippen molar-refractivity contribution in [3.05, 3.63) is 45.9 Å². The molecule has 1 fully saturated rings. The number of ether oxygens (including phenoxy) is 3. The van der Waals surface area contributed by atoms with E-state index in [0.717, 1.165) is 5.56 Å². The van der Waals surface area contributed by atoms with Crippen LogP contribution in [-0.4, -0.2) is 26.0 Å². The van der Waals surface area contributed by atoms with Crippen molar-refractivity contribution in [2.75, 3.05) is 19.1 Å². The van der Waals surface area contributed by atoms with E-state index in [9.17, 15) is 4.79 Å². The Morgan fingerprint density at radius 1 is 1.22 bits per heavy atom. The number of carbonyl (C=O) groups is 1. The van der Waals surface area contributed by atoms with Crippen molar-refractivity contribution in [2.45, 2.75) is 25.1 Å². The second-order valence-electron chi connectivity index (χ2n) is 6.66. The molecule has 1 N–H and O–H groups in total. The van der Waals surface area contributed by atoms with Gasteiger partial charge in [0.2, 0.25) is 0 Å². The van der Waals surface area contributed by atoms with E-state index in [0.29, 0.717) is 39.4 Å². The van der Waals surface area contributed by atoms with Crippen LogP contribution in [0.2, 0.25) is 10.0 Å². The first-order valence-electron chi connectivity index (χ1n) is 8.37. The number of carbonyl (C=O) groups excluding carboxylic acids is 1. The minimum Gasteiger partial charge on any atom is -0.497 e. The molecular weight excluding hydrogens is 391 g/mol.